The number of nitrogens with zero attached hydrogens (tertiary/aromatic N) is 2. The number of rotatable bonds is 1. The molecule has 0 saturated carbocycles. The van der Waals surface area contributed by atoms with Crippen LogP contribution in [-0.2, 0) is 0 Å². The predicted molar refractivity (Wildman–Crippen MR) is 96.2 cm³/mol. The standard InChI is InChI=1S/C17H24N2.HI/c1-16(2)11-17(3,4)15-14(16)18(5)12-19(15)13-9-7-6-8-10-13;/h6-10H,11-12H2,1-5H3;1H. The van der Waals surface area contributed by atoms with Crippen LogP contribution in [0.4, 0.5) is 5.69 Å². The van der Waals surface area contributed by atoms with Gasteiger partial charge in [-0.05, 0) is 18.6 Å². The van der Waals surface area contributed by atoms with Crippen molar-refractivity contribution in [1.29, 1.82) is 0 Å². The zero-order chi connectivity index (χ0) is 13.8. The molecule has 3 heteroatoms. The van der Waals surface area contributed by atoms with E-state index in [1.807, 2.05) is 0 Å². The van der Waals surface area contributed by atoms with Crippen molar-refractivity contribution in [1.82, 2.24) is 4.90 Å². The van der Waals surface area contributed by atoms with E-state index < -0.39 is 0 Å². The number of allylic oxidation sites excluding steroid dienone is 2. The Kier molecular flexibility index (Phi) is 3.87. The lowest BCUT2D eigenvalue weighted by Crippen LogP contribution is -2.34. The van der Waals surface area contributed by atoms with Crippen molar-refractivity contribution in [3.8, 4) is 0 Å². The van der Waals surface area contributed by atoms with Crippen molar-refractivity contribution in [2.24, 2.45) is 10.8 Å². The number of anilines is 1. The van der Waals surface area contributed by atoms with E-state index in [1.165, 1.54) is 23.5 Å². The minimum absolute atomic E-state index is 0. The van der Waals surface area contributed by atoms with Crippen LogP contribution in [0.25, 0.3) is 0 Å². The molecule has 1 aromatic rings. The second-order valence-electron chi connectivity index (χ2n) is 7.24. The minimum Gasteiger partial charge on any atom is -0.358 e. The van der Waals surface area contributed by atoms with Crippen LogP contribution in [0.5, 0.6) is 0 Å². The van der Waals surface area contributed by atoms with Gasteiger partial charge >= 0.3 is 0 Å². The molecule has 0 atom stereocenters. The summed E-state index contributed by atoms with van der Waals surface area (Å²) in [6.45, 7) is 10.5. The quantitative estimate of drug-likeness (QED) is 0.649. The maximum absolute atomic E-state index is 2.49. The Hall–Kier alpha value is -0.710. The second-order valence-corrected chi connectivity index (χ2v) is 7.24. The molecule has 0 aromatic heterocycles. The Morgan fingerprint density at radius 1 is 0.900 bits per heavy atom. The Balaban J connectivity index is 0.00000147. The van der Waals surface area contributed by atoms with Crippen LogP contribution in [0, 0.1) is 10.8 Å². The van der Waals surface area contributed by atoms with Crippen LogP contribution in [-0.4, -0.2) is 18.6 Å². The number of hydrogen-bond donors (Lipinski definition) is 0. The van der Waals surface area contributed by atoms with Crippen molar-refractivity contribution in [3.63, 3.8) is 0 Å². The highest BCUT2D eigenvalue weighted by Crippen LogP contribution is 2.57. The van der Waals surface area contributed by atoms with E-state index in [2.05, 4.69) is 74.9 Å². The smallest absolute Gasteiger partial charge is 0.0944 e. The van der Waals surface area contributed by atoms with Gasteiger partial charge in [-0.3, -0.25) is 0 Å². The zero-order valence-electron chi connectivity index (χ0n) is 13.1. The van der Waals surface area contributed by atoms with E-state index in [9.17, 15) is 0 Å². The first-order chi connectivity index (χ1) is 8.83. The number of para-hydroxylation sites is 1. The van der Waals surface area contributed by atoms with Crippen molar-refractivity contribution >= 4 is 29.7 Å². The van der Waals surface area contributed by atoms with Gasteiger partial charge in [0.05, 0.1) is 6.67 Å². The summed E-state index contributed by atoms with van der Waals surface area (Å²) < 4.78 is 0. The summed E-state index contributed by atoms with van der Waals surface area (Å²) >= 11 is 0. The SMILES string of the molecule is CN1CN(c2ccccc2)C2=C1C(C)(C)CC2(C)C.I. The highest BCUT2D eigenvalue weighted by molar-refractivity contribution is 14.0. The molecule has 0 saturated heterocycles. The molecule has 0 bridgehead atoms. The number of halogens is 1. The number of benzene rings is 1. The Labute approximate surface area is 139 Å². The van der Waals surface area contributed by atoms with Gasteiger partial charge in [-0.1, -0.05) is 45.9 Å². The van der Waals surface area contributed by atoms with E-state index in [0.29, 0.717) is 0 Å². The molecule has 0 amide bonds. The van der Waals surface area contributed by atoms with Gasteiger partial charge in [0, 0.05) is 35.0 Å². The highest BCUT2D eigenvalue weighted by atomic mass is 127. The van der Waals surface area contributed by atoms with Gasteiger partial charge in [0.15, 0.2) is 0 Å². The lowest BCUT2D eigenvalue weighted by Gasteiger charge is -2.35. The lowest BCUT2D eigenvalue weighted by molar-refractivity contribution is 0.255. The minimum atomic E-state index is 0. The summed E-state index contributed by atoms with van der Waals surface area (Å²) in [5.74, 6) is 0. The average Bonchev–Trinajstić information content (AvgIpc) is 2.76. The molecule has 20 heavy (non-hydrogen) atoms. The molecule has 1 aliphatic heterocycles. The molecule has 2 nitrogen and oxygen atoms in total. The third-order valence-electron chi connectivity index (χ3n) is 4.46. The van der Waals surface area contributed by atoms with Crippen LogP contribution in [0.2, 0.25) is 0 Å². The van der Waals surface area contributed by atoms with Crippen LogP contribution in [0.3, 0.4) is 0 Å². The molecule has 1 aromatic carbocycles. The molecule has 0 unspecified atom stereocenters. The Morgan fingerprint density at radius 3 is 2.05 bits per heavy atom. The summed E-state index contributed by atoms with van der Waals surface area (Å²) in [4.78, 5) is 4.92. The molecule has 110 valence electrons. The molecule has 1 aliphatic carbocycles. The fourth-order valence-corrected chi connectivity index (χ4v) is 4.28. The molecule has 2 aliphatic rings. The summed E-state index contributed by atoms with van der Waals surface area (Å²) in [5.41, 5.74) is 4.88. The van der Waals surface area contributed by atoms with E-state index in [1.54, 1.807) is 0 Å². The van der Waals surface area contributed by atoms with Gasteiger partial charge in [-0.15, -0.1) is 24.0 Å². The van der Waals surface area contributed by atoms with Crippen molar-refractivity contribution in [2.75, 3.05) is 18.6 Å². The lowest BCUT2D eigenvalue weighted by atomic mass is 9.81. The summed E-state index contributed by atoms with van der Waals surface area (Å²) in [5, 5.41) is 0. The van der Waals surface area contributed by atoms with E-state index in [4.69, 9.17) is 0 Å². The van der Waals surface area contributed by atoms with Gasteiger partial charge in [0.1, 0.15) is 0 Å². The molecular formula is C17H25IN2. The molecule has 0 radical (unpaired) electrons. The van der Waals surface area contributed by atoms with Crippen molar-refractivity contribution in [2.45, 2.75) is 34.1 Å². The highest BCUT2D eigenvalue weighted by Gasteiger charge is 2.51. The average molecular weight is 384 g/mol. The van der Waals surface area contributed by atoms with E-state index in [0.717, 1.165) is 6.67 Å². The second kappa shape index (κ2) is 4.93. The number of hydrogen-bond acceptors (Lipinski definition) is 2. The molecular weight excluding hydrogens is 359 g/mol. The summed E-state index contributed by atoms with van der Waals surface area (Å²) in [6, 6.07) is 10.8. The first-order valence-corrected chi connectivity index (χ1v) is 7.12. The predicted octanol–water partition coefficient (Wildman–Crippen LogP) is 4.68. The fraction of sp³-hybridized carbons (Fsp3) is 0.529. The van der Waals surface area contributed by atoms with Crippen LogP contribution >= 0.6 is 24.0 Å². The Morgan fingerprint density at radius 2 is 1.45 bits per heavy atom. The largest absolute Gasteiger partial charge is 0.358 e. The van der Waals surface area contributed by atoms with Gasteiger partial charge in [0.25, 0.3) is 0 Å². The van der Waals surface area contributed by atoms with Crippen molar-refractivity contribution < 1.29 is 0 Å². The zero-order valence-corrected chi connectivity index (χ0v) is 15.4. The third-order valence-corrected chi connectivity index (χ3v) is 4.46. The molecule has 1 heterocycles. The van der Waals surface area contributed by atoms with Crippen LogP contribution in [0.15, 0.2) is 41.7 Å². The maximum atomic E-state index is 2.49. The van der Waals surface area contributed by atoms with Gasteiger partial charge in [0.2, 0.25) is 0 Å². The van der Waals surface area contributed by atoms with Crippen molar-refractivity contribution in [3.05, 3.63) is 41.7 Å². The maximum Gasteiger partial charge on any atom is 0.0944 e. The molecule has 0 N–H and O–H groups in total. The third kappa shape index (κ3) is 2.24. The van der Waals surface area contributed by atoms with E-state index >= 15 is 0 Å². The van der Waals surface area contributed by atoms with Gasteiger partial charge in [-0.25, -0.2) is 0 Å². The monoisotopic (exact) mass is 384 g/mol. The topological polar surface area (TPSA) is 6.48 Å². The molecule has 3 rings (SSSR count). The van der Waals surface area contributed by atoms with Crippen LogP contribution in [0.1, 0.15) is 34.1 Å². The van der Waals surface area contributed by atoms with E-state index in [-0.39, 0.29) is 34.8 Å². The first-order valence-electron chi connectivity index (χ1n) is 7.12. The van der Waals surface area contributed by atoms with Crippen LogP contribution < -0.4 is 4.90 Å². The van der Waals surface area contributed by atoms with Gasteiger partial charge in [-0.2, -0.15) is 0 Å². The molecule has 0 spiro atoms. The first kappa shape index (κ1) is 15.7. The summed E-state index contributed by atoms with van der Waals surface area (Å²) in [6.07, 6.45) is 1.22. The normalized spacial score (nSPS) is 22.9. The Bertz CT molecular complexity index is 531. The van der Waals surface area contributed by atoms with Gasteiger partial charge < -0.3 is 9.80 Å². The molecule has 0 fully saturated rings. The summed E-state index contributed by atoms with van der Waals surface area (Å²) in [7, 11) is 2.22. The fourth-order valence-electron chi connectivity index (χ4n) is 4.28.